The van der Waals surface area contributed by atoms with E-state index in [4.69, 9.17) is 5.73 Å². The van der Waals surface area contributed by atoms with Crippen LogP contribution in [0.5, 0.6) is 0 Å². The van der Waals surface area contributed by atoms with Crippen molar-refractivity contribution in [2.45, 2.75) is 89.5 Å². The lowest BCUT2D eigenvalue weighted by atomic mass is 9.86. The number of aromatic nitrogens is 1. The molecule has 1 heterocycles. The molecule has 4 rings (SSSR count). The second kappa shape index (κ2) is 14.0. The van der Waals surface area contributed by atoms with Crippen molar-refractivity contribution in [2.75, 3.05) is 6.54 Å². The molecule has 2 N–H and O–H groups in total. The Morgan fingerprint density at radius 3 is 2.36 bits per heavy atom. The molecule has 182 valence electrons. The first-order chi connectivity index (χ1) is 15.3. The predicted molar refractivity (Wildman–Crippen MR) is 148 cm³/mol. The van der Waals surface area contributed by atoms with Crippen molar-refractivity contribution in [3.8, 4) is 0 Å². The van der Waals surface area contributed by atoms with Gasteiger partial charge in [0.05, 0.1) is 0 Å². The number of nitrogens with zero attached hydrogens (tertiary/aromatic N) is 1. The Balaban J connectivity index is 0.00000193. The summed E-state index contributed by atoms with van der Waals surface area (Å²) in [6.45, 7) is 3.05. The summed E-state index contributed by atoms with van der Waals surface area (Å²) in [4.78, 5) is 0. The first-order valence-corrected chi connectivity index (χ1v) is 12.6. The Hall–Kier alpha value is -1.48. The van der Waals surface area contributed by atoms with Gasteiger partial charge in [0.25, 0.3) is 0 Å². The molecule has 1 aliphatic rings. The number of benzene rings is 2. The summed E-state index contributed by atoms with van der Waals surface area (Å²) in [5.41, 5.74) is 11.5. The van der Waals surface area contributed by atoms with Crippen LogP contribution in [-0.2, 0) is 0 Å². The lowest BCUT2D eigenvalue weighted by Gasteiger charge is -2.24. The maximum Gasteiger partial charge on any atom is 0.0485 e. The molecule has 1 fully saturated rings. The Labute approximate surface area is 213 Å². The van der Waals surface area contributed by atoms with Crippen LogP contribution in [-0.4, -0.2) is 11.1 Å². The molecule has 2 aromatic carbocycles. The zero-order chi connectivity index (χ0) is 21.5. The Bertz CT molecular complexity index is 959. The zero-order valence-corrected chi connectivity index (χ0v) is 21.8. The third kappa shape index (κ3) is 7.01. The number of hydrogen-bond donors (Lipinski definition) is 1. The number of halogens is 2. The third-order valence-corrected chi connectivity index (χ3v) is 7.26. The lowest BCUT2D eigenvalue weighted by molar-refractivity contribution is 0.360. The van der Waals surface area contributed by atoms with Gasteiger partial charge < -0.3 is 10.3 Å². The third-order valence-electron chi connectivity index (χ3n) is 7.26. The van der Waals surface area contributed by atoms with E-state index in [1.807, 2.05) is 0 Å². The van der Waals surface area contributed by atoms with Crippen molar-refractivity contribution >= 4 is 35.7 Å². The second-order valence-corrected chi connectivity index (χ2v) is 9.61. The van der Waals surface area contributed by atoms with E-state index >= 15 is 0 Å². The molecular weight excluding hydrogens is 447 g/mol. The van der Waals surface area contributed by atoms with Crippen molar-refractivity contribution in [1.29, 1.82) is 0 Å². The molecule has 0 aliphatic heterocycles. The quantitative estimate of drug-likeness (QED) is 0.284. The number of aryl methyl sites for hydroxylation is 1. The summed E-state index contributed by atoms with van der Waals surface area (Å²) in [6.07, 6.45) is 16.9. The molecule has 0 bridgehead atoms. The van der Waals surface area contributed by atoms with E-state index < -0.39 is 0 Å². The first kappa shape index (κ1) is 27.8. The maximum absolute atomic E-state index is 5.67. The number of rotatable bonds is 10. The Morgan fingerprint density at radius 2 is 1.61 bits per heavy atom. The largest absolute Gasteiger partial charge is 0.344 e. The van der Waals surface area contributed by atoms with Crippen LogP contribution in [0.15, 0.2) is 54.7 Å². The van der Waals surface area contributed by atoms with E-state index in [9.17, 15) is 0 Å². The fraction of sp³-hybridized carbons (Fsp3) is 0.517. The molecule has 1 aliphatic carbocycles. The van der Waals surface area contributed by atoms with Crippen LogP contribution < -0.4 is 5.73 Å². The summed E-state index contributed by atoms with van der Waals surface area (Å²) in [5, 5.41) is 1.46. The van der Waals surface area contributed by atoms with Crippen LogP contribution in [0.2, 0.25) is 0 Å². The minimum atomic E-state index is 0. The summed E-state index contributed by atoms with van der Waals surface area (Å²) >= 11 is 0. The predicted octanol–water partition coefficient (Wildman–Crippen LogP) is 8.73. The zero-order valence-electron chi connectivity index (χ0n) is 20.2. The van der Waals surface area contributed by atoms with Crippen molar-refractivity contribution in [1.82, 2.24) is 4.57 Å². The standard InChI is InChI=1S/C29H40N2.2ClH/c1-23-13-12-14-24(21-23)26(17-8-3-2-4-11-20-30)28-22-31(25-15-6-5-7-16-25)29-19-10-9-18-27(28)29;;/h9-10,12-14,18-19,21-22,25-26H,2-8,11,15-17,20,30H2,1H3;2*1H. The highest BCUT2D eigenvalue weighted by Gasteiger charge is 2.23. The Kier molecular flexibility index (Phi) is 11.8. The Morgan fingerprint density at radius 1 is 0.879 bits per heavy atom. The molecule has 1 unspecified atom stereocenters. The summed E-state index contributed by atoms with van der Waals surface area (Å²) in [5.74, 6) is 0.476. The van der Waals surface area contributed by atoms with Gasteiger partial charge in [0.15, 0.2) is 0 Å². The number of para-hydroxylation sites is 1. The SMILES string of the molecule is Cc1cccc(C(CCCCCCCN)c2cn(C3CCCCC3)c3ccccc23)c1.Cl.Cl. The minimum Gasteiger partial charge on any atom is -0.344 e. The van der Waals surface area contributed by atoms with Crippen molar-refractivity contribution in [3.05, 3.63) is 71.4 Å². The molecule has 0 radical (unpaired) electrons. The average Bonchev–Trinajstić information content (AvgIpc) is 3.19. The fourth-order valence-electron chi connectivity index (χ4n) is 5.58. The average molecular weight is 490 g/mol. The van der Waals surface area contributed by atoms with E-state index in [1.165, 1.54) is 91.8 Å². The smallest absolute Gasteiger partial charge is 0.0485 e. The molecule has 1 aromatic heterocycles. The van der Waals surface area contributed by atoms with E-state index in [0.717, 1.165) is 13.0 Å². The number of nitrogens with two attached hydrogens (primary N) is 1. The van der Waals surface area contributed by atoms with E-state index in [-0.39, 0.29) is 24.8 Å². The molecule has 4 heteroatoms. The number of hydrogen-bond acceptors (Lipinski definition) is 1. The van der Waals surface area contributed by atoms with Gasteiger partial charge in [0, 0.05) is 29.1 Å². The molecule has 0 spiro atoms. The number of fused-ring (bicyclic) bond motifs is 1. The van der Waals surface area contributed by atoms with Crippen LogP contribution >= 0.6 is 24.8 Å². The molecule has 2 nitrogen and oxygen atoms in total. The van der Waals surface area contributed by atoms with Crippen molar-refractivity contribution < 1.29 is 0 Å². The first-order valence-electron chi connectivity index (χ1n) is 12.6. The topological polar surface area (TPSA) is 30.9 Å². The highest BCUT2D eigenvalue weighted by Crippen LogP contribution is 2.39. The maximum atomic E-state index is 5.67. The van der Waals surface area contributed by atoms with Gasteiger partial charge in [-0.25, -0.2) is 0 Å². The van der Waals surface area contributed by atoms with E-state index in [1.54, 1.807) is 0 Å². The molecule has 3 aromatic rings. The fourth-order valence-corrected chi connectivity index (χ4v) is 5.58. The minimum absolute atomic E-state index is 0. The summed E-state index contributed by atoms with van der Waals surface area (Å²) in [6, 6.07) is 19.0. The van der Waals surface area contributed by atoms with Crippen LogP contribution in [0.1, 0.15) is 99.3 Å². The van der Waals surface area contributed by atoms with Gasteiger partial charge in [-0.05, 0) is 56.3 Å². The monoisotopic (exact) mass is 488 g/mol. The van der Waals surface area contributed by atoms with Gasteiger partial charge in [-0.15, -0.1) is 24.8 Å². The molecular formula is C29H42Cl2N2. The van der Waals surface area contributed by atoms with Crippen molar-refractivity contribution in [3.63, 3.8) is 0 Å². The number of unbranched alkanes of at least 4 members (excludes halogenated alkanes) is 4. The highest BCUT2D eigenvalue weighted by atomic mass is 35.5. The van der Waals surface area contributed by atoms with Gasteiger partial charge in [-0.2, -0.15) is 0 Å². The molecule has 0 amide bonds. The van der Waals surface area contributed by atoms with E-state index in [2.05, 4.69) is 66.2 Å². The van der Waals surface area contributed by atoms with Crippen LogP contribution in [0.3, 0.4) is 0 Å². The molecule has 1 saturated carbocycles. The molecule has 1 atom stereocenters. The summed E-state index contributed by atoms with van der Waals surface area (Å²) < 4.78 is 2.63. The van der Waals surface area contributed by atoms with E-state index in [0.29, 0.717) is 12.0 Å². The van der Waals surface area contributed by atoms with Gasteiger partial charge in [0.1, 0.15) is 0 Å². The highest BCUT2D eigenvalue weighted by molar-refractivity contribution is 5.86. The second-order valence-electron chi connectivity index (χ2n) is 9.61. The van der Waals surface area contributed by atoms with Gasteiger partial charge >= 0.3 is 0 Å². The van der Waals surface area contributed by atoms with Crippen LogP contribution in [0.25, 0.3) is 10.9 Å². The van der Waals surface area contributed by atoms with Crippen LogP contribution in [0, 0.1) is 6.92 Å². The van der Waals surface area contributed by atoms with Crippen molar-refractivity contribution in [2.24, 2.45) is 5.73 Å². The van der Waals surface area contributed by atoms with Gasteiger partial charge in [0.2, 0.25) is 0 Å². The molecule has 33 heavy (non-hydrogen) atoms. The van der Waals surface area contributed by atoms with Gasteiger partial charge in [-0.1, -0.05) is 93.0 Å². The lowest BCUT2D eigenvalue weighted by Crippen LogP contribution is -2.11. The summed E-state index contributed by atoms with van der Waals surface area (Å²) in [7, 11) is 0. The van der Waals surface area contributed by atoms with Gasteiger partial charge in [-0.3, -0.25) is 0 Å². The normalized spacial score (nSPS) is 15.1. The van der Waals surface area contributed by atoms with Crippen LogP contribution in [0.4, 0.5) is 0 Å². The molecule has 0 saturated heterocycles.